The van der Waals surface area contributed by atoms with Crippen molar-refractivity contribution in [3.05, 3.63) is 58.7 Å². The van der Waals surface area contributed by atoms with Crippen LogP contribution in [0.1, 0.15) is 53.9 Å². The maximum Gasteiger partial charge on any atom is 0.244 e. The molecule has 0 aromatic rings. The molecule has 7 nitrogen and oxygen atoms in total. The maximum atomic E-state index is 12.0. The Bertz CT molecular complexity index is 889. The zero-order chi connectivity index (χ0) is 24.9. The molecule has 180 valence electrons. The van der Waals surface area contributed by atoms with Crippen LogP contribution in [0.25, 0.3) is 0 Å². The molecule has 7 heteroatoms. The smallest absolute Gasteiger partial charge is 0.244 e. The van der Waals surface area contributed by atoms with Crippen LogP contribution < -0.4 is 16.0 Å². The minimum atomic E-state index is -0.497. The lowest BCUT2D eigenvalue weighted by Crippen LogP contribution is -2.42. The Morgan fingerprint density at radius 2 is 1.64 bits per heavy atom. The topological polar surface area (TPSA) is 104 Å². The van der Waals surface area contributed by atoms with E-state index in [1.807, 2.05) is 25.2 Å². The molecule has 1 aliphatic rings. The monoisotopic (exact) mass is 455 g/mol. The van der Waals surface area contributed by atoms with Gasteiger partial charge in [-0.15, -0.1) is 0 Å². The summed E-state index contributed by atoms with van der Waals surface area (Å²) < 4.78 is 0. The zero-order valence-electron chi connectivity index (χ0n) is 20.4. The van der Waals surface area contributed by atoms with Crippen molar-refractivity contribution in [3.63, 3.8) is 0 Å². The molecule has 0 heterocycles. The van der Waals surface area contributed by atoms with Crippen molar-refractivity contribution in [2.75, 3.05) is 19.6 Å². The van der Waals surface area contributed by atoms with Crippen molar-refractivity contribution < 1.29 is 19.2 Å². The van der Waals surface area contributed by atoms with Crippen molar-refractivity contribution in [1.29, 1.82) is 0 Å². The number of nitrogens with one attached hydrogen (secondary N) is 3. The summed E-state index contributed by atoms with van der Waals surface area (Å²) >= 11 is 0. The first-order chi connectivity index (χ1) is 15.5. The van der Waals surface area contributed by atoms with Crippen LogP contribution in [0, 0.1) is 5.41 Å². The van der Waals surface area contributed by atoms with Crippen molar-refractivity contribution in [3.8, 4) is 0 Å². The molecule has 0 radical (unpaired) electrons. The molecular formula is C26H37N3O4. The first-order valence-corrected chi connectivity index (χ1v) is 11.2. The van der Waals surface area contributed by atoms with Gasteiger partial charge in [-0.05, 0) is 56.6 Å². The highest BCUT2D eigenvalue weighted by molar-refractivity contribution is 5.93. The van der Waals surface area contributed by atoms with Crippen LogP contribution >= 0.6 is 0 Å². The molecule has 0 bridgehead atoms. The third kappa shape index (κ3) is 11.3. The van der Waals surface area contributed by atoms with Crippen molar-refractivity contribution in [2.45, 2.75) is 53.9 Å². The fourth-order valence-electron chi connectivity index (χ4n) is 3.57. The van der Waals surface area contributed by atoms with Gasteiger partial charge in [0.2, 0.25) is 17.7 Å². The molecule has 1 rings (SSSR count). The van der Waals surface area contributed by atoms with Gasteiger partial charge in [0, 0.05) is 6.08 Å². The molecular weight excluding hydrogens is 418 g/mol. The summed E-state index contributed by atoms with van der Waals surface area (Å²) in [5.74, 6) is -1.38. The standard InChI is InChI=1S/C26H37N3O4/c1-19(11-12-22-21(3)10-7-13-26(22,4)5)8-6-9-20(2)16-23(31)28-18-25(33)29-17-24(32)27-14-15-30/h6,8-9,11-12,15-16H,7,10,13-14,17-18H2,1-5H3,(H,27,32)(H,28,31)(H,29,33)/b9-6+,12-11+,19-8+,20-16+. The Balaban J connectivity index is 2.50. The number of carbonyl (C=O) groups excluding carboxylic acids is 4. The van der Waals surface area contributed by atoms with E-state index in [9.17, 15) is 19.2 Å². The van der Waals surface area contributed by atoms with Crippen LogP contribution in [0.5, 0.6) is 0 Å². The fraction of sp³-hybridized carbons (Fsp3) is 0.462. The van der Waals surface area contributed by atoms with Gasteiger partial charge in [0.05, 0.1) is 19.6 Å². The van der Waals surface area contributed by atoms with E-state index in [-0.39, 0.29) is 25.0 Å². The Hall–Kier alpha value is -3.22. The van der Waals surface area contributed by atoms with E-state index in [0.717, 1.165) is 17.6 Å². The Kier molecular flexibility index (Phi) is 11.8. The second kappa shape index (κ2) is 14.0. The summed E-state index contributed by atoms with van der Waals surface area (Å²) in [6.07, 6.45) is 15.6. The largest absolute Gasteiger partial charge is 0.348 e. The van der Waals surface area contributed by atoms with Crippen molar-refractivity contribution in [2.24, 2.45) is 5.41 Å². The van der Waals surface area contributed by atoms with Gasteiger partial charge in [-0.25, -0.2) is 0 Å². The van der Waals surface area contributed by atoms with Gasteiger partial charge in [0.25, 0.3) is 0 Å². The van der Waals surface area contributed by atoms with E-state index in [1.54, 1.807) is 6.92 Å². The lowest BCUT2D eigenvalue weighted by atomic mass is 9.72. The molecule has 3 N–H and O–H groups in total. The SMILES string of the molecule is CC1=C(/C=C/C(C)=C/C=C/C(C)=C/C(=O)NCC(=O)NCC(=O)NCC=O)C(C)(C)CCC1. The third-order valence-corrected chi connectivity index (χ3v) is 5.38. The normalized spacial score (nSPS) is 16.8. The third-order valence-electron chi connectivity index (χ3n) is 5.38. The van der Waals surface area contributed by atoms with Crippen molar-refractivity contribution in [1.82, 2.24) is 16.0 Å². The maximum absolute atomic E-state index is 12.0. The van der Waals surface area contributed by atoms with E-state index in [4.69, 9.17) is 0 Å². The van der Waals surface area contributed by atoms with Gasteiger partial charge in [-0.1, -0.05) is 55.4 Å². The number of allylic oxidation sites excluding steroid dienone is 9. The van der Waals surface area contributed by atoms with Crippen LogP contribution in [0.4, 0.5) is 0 Å². The summed E-state index contributed by atoms with van der Waals surface area (Å²) in [4.78, 5) is 45.1. The molecule has 0 spiro atoms. The Morgan fingerprint density at radius 1 is 0.970 bits per heavy atom. The number of carbonyl (C=O) groups is 4. The second-order valence-corrected chi connectivity index (χ2v) is 8.89. The van der Waals surface area contributed by atoms with E-state index in [2.05, 4.69) is 48.9 Å². The molecule has 0 saturated heterocycles. The molecule has 0 saturated carbocycles. The van der Waals surface area contributed by atoms with E-state index < -0.39 is 17.7 Å². The first-order valence-electron chi connectivity index (χ1n) is 11.2. The van der Waals surface area contributed by atoms with Gasteiger partial charge in [-0.2, -0.15) is 0 Å². The molecule has 0 aromatic carbocycles. The minimum absolute atomic E-state index is 0.107. The molecule has 33 heavy (non-hydrogen) atoms. The van der Waals surface area contributed by atoms with Gasteiger partial charge >= 0.3 is 0 Å². The van der Waals surface area contributed by atoms with E-state index >= 15 is 0 Å². The van der Waals surface area contributed by atoms with Gasteiger partial charge in [-0.3, -0.25) is 14.4 Å². The highest BCUT2D eigenvalue weighted by Gasteiger charge is 2.26. The summed E-state index contributed by atoms with van der Waals surface area (Å²) in [5.41, 5.74) is 4.94. The predicted molar refractivity (Wildman–Crippen MR) is 131 cm³/mol. The van der Waals surface area contributed by atoms with Crippen molar-refractivity contribution >= 4 is 24.0 Å². The molecule has 3 amide bonds. The summed E-state index contributed by atoms with van der Waals surface area (Å²) in [6, 6.07) is 0. The Labute approximate surface area is 197 Å². The fourth-order valence-corrected chi connectivity index (χ4v) is 3.57. The van der Waals surface area contributed by atoms with Gasteiger partial charge in [0.15, 0.2) is 0 Å². The molecule has 0 atom stereocenters. The predicted octanol–water partition coefficient (Wildman–Crippen LogP) is 3.07. The molecule has 0 aliphatic heterocycles. The number of aldehydes is 1. The van der Waals surface area contributed by atoms with Crippen LogP contribution in [0.3, 0.4) is 0 Å². The highest BCUT2D eigenvalue weighted by Crippen LogP contribution is 2.40. The number of amides is 3. The number of rotatable bonds is 11. The molecule has 0 aromatic heterocycles. The number of hydrogen-bond donors (Lipinski definition) is 3. The highest BCUT2D eigenvalue weighted by atomic mass is 16.2. The van der Waals surface area contributed by atoms with Gasteiger partial charge < -0.3 is 20.7 Å². The minimum Gasteiger partial charge on any atom is -0.348 e. The van der Waals surface area contributed by atoms with Gasteiger partial charge in [0.1, 0.15) is 6.29 Å². The van der Waals surface area contributed by atoms with Crippen LogP contribution in [-0.4, -0.2) is 43.6 Å². The van der Waals surface area contributed by atoms with Crippen LogP contribution in [0.15, 0.2) is 58.7 Å². The Morgan fingerprint density at radius 3 is 2.30 bits per heavy atom. The second-order valence-electron chi connectivity index (χ2n) is 8.89. The average Bonchev–Trinajstić information content (AvgIpc) is 2.73. The first kappa shape index (κ1) is 27.8. The summed E-state index contributed by atoms with van der Waals surface area (Å²) in [7, 11) is 0. The zero-order valence-corrected chi connectivity index (χ0v) is 20.4. The number of hydrogen-bond acceptors (Lipinski definition) is 4. The quantitative estimate of drug-likeness (QED) is 0.253. The molecule has 1 aliphatic carbocycles. The summed E-state index contributed by atoms with van der Waals surface area (Å²) in [6.45, 7) is 10.0. The average molecular weight is 456 g/mol. The lowest BCUT2D eigenvalue weighted by molar-refractivity contribution is -0.127. The van der Waals surface area contributed by atoms with Crippen LogP contribution in [-0.2, 0) is 19.2 Å². The molecule has 0 fully saturated rings. The summed E-state index contributed by atoms with van der Waals surface area (Å²) in [5, 5.41) is 7.12. The molecule has 0 unspecified atom stereocenters. The van der Waals surface area contributed by atoms with E-state index in [0.29, 0.717) is 6.29 Å². The van der Waals surface area contributed by atoms with E-state index in [1.165, 1.54) is 30.1 Å². The lowest BCUT2D eigenvalue weighted by Gasteiger charge is -2.32. The van der Waals surface area contributed by atoms with Crippen LogP contribution in [0.2, 0.25) is 0 Å².